The number of benzene rings is 3. The number of ether oxygens (including phenoxy) is 2. The van der Waals surface area contributed by atoms with Gasteiger partial charge in [-0.1, -0.05) is 41.4 Å². The summed E-state index contributed by atoms with van der Waals surface area (Å²) in [6, 6.07) is 16.1. The second kappa shape index (κ2) is 12.3. The molecule has 202 valence electrons. The molecule has 0 radical (unpaired) electrons. The second-order valence-electron chi connectivity index (χ2n) is 9.02. The Morgan fingerprint density at radius 2 is 1.68 bits per heavy atom. The molecular weight excluding hydrogens is 540 g/mol. The molecule has 1 aliphatic heterocycles. The van der Waals surface area contributed by atoms with Crippen LogP contribution < -0.4 is 20.1 Å². The van der Waals surface area contributed by atoms with Crippen LogP contribution in [0.2, 0.25) is 10.0 Å². The molecule has 4 rings (SSSR count). The molecule has 0 spiro atoms. The predicted molar refractivity (Wildman–Crippen MR) is 142 cm³/mol. The molecule has 1 aliphatic rings. The maximum atomic E-state index is 13.1. The quantitative estimate of drug-likeness (QED) is 0.222. The van der Waals surface area contributed by atoms with Crippen LogP contribution in [0.25, 0.3) is 0 Å². The fraction of sp³-hybridized carbons (Fsp3) is 0.321. The molecule has 1 heterocycles. The van der Waals surface area contributed by atoms with E-state index < -0.39 is 23.8 Å². The van der Waals surface area contributed by atoms with Gasteiger partial charge in [-0.2, -0.15) is 13.2 Å². The van der Waals surface area contributed by atoms with Crippen molar-refractivity contribution in [3.8, 4) is 11.5 Å². The van der Waals surface area contributed by atoms with Crippen molar-refractivity contribution < 1.29 is 27.4 Å². The molecule has 2 N–H and O–H groups in total. The smallest absolute Gasteiger partial charge is 0.416 e. The van der Waals surface area contributed by atoms with Crippen LogP contribution in [0.1, 0.15) is 23.1 Å². The number of rotatable bonds is 10. The van der Waals surface area contributed by atoms with Gasteiger partial charge >= 0.3 is 6.18 Å². The topological polar surface area (TPSA) is 64.8 Å². The fourth-order valence-corrected chi connectivity index (χ4v) is 5.02. The fourth-order valence-electron chi connectivity index (χ4n) is 4.51. The van der Waals surface area contributed by atoms with Crippen molar-refractivity contribution in [2.75, 3.05) is 24.7 Å². The lowest BCUT2D eigenvalue weighted by Crippen LogP contribution is -2.50. The highest BCUT2D eigenvalue weighted by molar-refractivity contribution is 6.37. The first-order valence-electron chi connectivity index (χ1n) is 12.1. The number of hydrogen-bond acceptors (Lipinski definition) is 5. The Labute approximate surface area is 229 Å². The molecule has 38 heavy (non-hydrogen) atoms. The third kappa shape index (κ3) is 6.73. The molecule has 10 heteroatoms. The largest absolute Gasteiger partial charge is 0.490 e. The number of nitrogens with two attached hydrogens (primary N) is 1. The van der Waals surface area contributed by atoms with Gasteiger partial charge in [-0.25, -0.2) is 0 Å². The van der Waals surface area contributed by atoms with Crippen molar-refractivity contribution in [2.24, 2.45) is 11.7 Å². The van der Waals surface area contributed by atoms with Gasteiger partial charge in [0, 0.05) is 12.2 Å². The first-order chi connectivity index (χ1) is 18.2. The van der Waals surface area contributed by atoms with Crippen LogP contribution in [0.3, 0.4) is 0 Å². The standard InChI is InChI=1S/C28H27Cl2F3N2O3/c29-23-4-1-5-24(30)26(23)38-14-13-37-22-9-6-18(7-10-22)15-20(17-36)27(34)35-12-2-3-19-16-21(28(31,32)33)8-11-25(19)35/h1,4-11,16-17,20,27H,2-3,12-15,34H2. The van der Waals surface area contributed by atoms with E-state index in [1.54, 1.807) is 30.3 Å². The number of aryl methyl sites for hydroxylation is 1. The van der Waals surface area contributed by atoms with Crippen molar-refractivity contribution in [1.29, 1.82) is 0 Å². The number of carbonyl (C=O) groups is 1. The zero-order valence-corrected chi connectivity index (χ0v) is 21.9. The highest BCUT2D eigenvalue weighted by Crippen LogP contribution is 2.36. The molecule has 0 saturated heterocycles. The molecule has 0 bridgehead atoms. The summed E-state index contributed by atoms with van der Waals surface area (Å²) in [5.74, 6) is 0.479. The van der Waals surface area contributed by atoms with E-state index in [2.05, 4.69) is 0 Å². The molecule has 2 atom stereocenters. The van der Waals surface area contributed by atoms with Gasteiger partial charge in [-0.05, 0) is 72.9 Å². The van der Waals surface area contributed by atoms with Crippen molar-refractivity contribution in [1.82, 2.24) is 0 Å². The van der Waals surface area contributed by atoms with Crippen LogP contribution in [-0.4, -0.2) is 32.2 Å². The van der Waals surface area contributed by atoms with E-state index in [9.17, 15) is 18.0 Å². The summed E-state index contributed by atoms with van der Waals surface area (Å²) in [6.07, 6.45) is -2.70. The summed E-state index contributed by atoms with van der Waals surface area (Å²) in [5.41, 5.74) is 7.92. The van der Waals surface area contributed by atoms with Gasteiger partial charge in [0.2, 0.25) is 0 Å². The minimum absolute atomic E-state index is 0.245. The van der Waals surface area contributed by atoms with Crippen LogP contribution >= 0.6 is 23.2 Å². The lowest BCUT2D eigenvalue weighted by Gasteiger charge is -2.38. The SMILES string of the molecule is NC(C(C=O)Cc1ccc(OCCOc2c(Cl)cccc2Cl)cc1)N1CCCc2cc(C(F)(F)F)ccc21. The number of fused-ring (bicyclic) bond motifs is 1. The molecule has 2 unspecified atom stereocenters. The van der Waals surface area contributed by atoms with Gasteiger partial charge in [0.05, 0.1) is 27.7 Å². The molecule has 0 aromatic heterocycles. The van der Waals surface area contributed by atoms with Gasteiger partial charge in [-0.3, -0.25) is 0 Å². The molecule has 0 aliphatic carbocycles. The van der Waals surface area contributed by atoms with Crippen molar-refractivity contribution in [3.63, 3.8) is 0 Å². The maximum absolute atomic E-state index is 13.1. The Morgan fingerprint density at radius 1 is 1.00 bits per heavy atom. The third-order valence-corrected chi connectivity index (χ3v) is 7.04. The predicted octanol–water partition coefficient (Wildman–Crippen LogP) is 6.57. The molecule has 5 nitrogen and oxygen atoms in total. The Kier molecular flexibility index (Phi) is 9.07. The molecule has 3 aromatic carbocycles. The third-order valence-electron chi connectivity index (χ3n) is 6.45. The average Bonchev–Trinajstić information content (AvgIpc) is 2.90. The van der Waals surface area contributed by atoms with Gasteiger partial charge in [0.25, 0.3) is 0 Å². The number of aldehydes is 1. The normalized spacial score (nSPS) is 14.9. The number of nitrogens with zero attached hydrogens (tertiary/aromatic N) is 1. The van der Waals surface area contributed by atoms with E-state index >= 15 is 0 Å². The van der Waals surface area contributed by atoms with Crippen LogP contribution in [0.15, 0.2) is 60.7 Å². The Bertz CT molecular complexity index is 1230. The highest BCUT2D eigenvalue weighted by atomic mass is 35.5. The number of anilines is 1. The summed E-state index contributed by atoms with van der Waals surface area (Å²) in [7, 11) is 0. The summed E-state index contributed by atoms with van der Waals surface area (Å²) >= 11 is 12.2. The Hall–Kier alpha value is -2.94. The highest BCUT2D eigenvalue weighted by Gasteiger charge is 2.33. The van der Waals surface area contributed by atoms with Crippen LogP contribution in [0, 0.1) is 5.92 Å². The van der Waals surface area contributed by atoms with Crippen LogP contribution in [0.5, 0.6) is 11.5 Å². The van der Waals surface area contributed by atoms with E-state index in [4.69, 9.17) is 38.4 Å². The first kappa shape index (κ1) is 28.1. The molecule has 0 amide bonds. The van der Waals surface area contributed by atoms with Gasteiger partial charge in [0.1, 0.15) is 25.2 Å². The number of halogens is 5. The zero-order chi connectivity index (χ0) is 27.3. The van der Waals surface area contributed by atoms with E-state index in [0.717, 1.165) is 17.9 Å². The van der Waals surface area contributed by atoms with Crippen LogP contribution in [-0.2, 0) is 23.8 Å². The lowest BCUT2D eigenvalue weighted by molar-refractivity contribution is -0.137. The minimum atomic E-state index is -4.41. The summed E-state index contributed by atoms with van der Waals surface area (Å²) in [5, 5.41) is 0.841. The molecule has 0 saturated carbocycles. The van der Waals surface area contributed by atoms with E-state index in [-0.39, 0.29) is 13.2 Å². The summed E-state index contributed by atoms with van der Waals surface area (Å²) in [6.45, 7) is 1.08. The van der Waals surface area contributed by atoms with Crippen molar-refractivity contribution in [2.45, 2.75) is 31.6 Å². The monoisotopic (exact) mass is 566 g/mol. The average molecular weight is 567 g/mol. The first-order valence-corrected chi connectivity index (χ1v) is 12.9. The molecular formula is C28H27Cl2F3N2O3. The Morgan fingerprint density at radius 3 is 2.34 bits per heavy atom. The van der Waals surface area contributed by atoms with E-state index in [1.165, 1.54) is 12.1 Å². The second-order valence-corrected chi connectivity index (χ2v) is 9.84. The molecule has 3 aromatic rings. The van der Waals surface area contributed by atoms with Crippen molar-refractivity contribution in [3.05, 3.63) is 87.4 Å². The number of hydrogen-bond donors (Lipinski definition) is 1. The number of para-hydroxylation sites is 1. The number of carbonyl (C=O) groups excluding carboxylic acids is 1. The van der Waals surface area contributed by atoms with Crippen LogP contribution in [0.4, 0.5) is 18.9 Å². The minimum Gasteiger partial charge on any atom is -0.490 e. The maximum Gasteiger partial charge on any atom is 0.416 e. The lowest BCUT2D eigenvalue weighted by atomic mass is 9.93. The van der Waals surface area contributed by atoms with E-state index in [0.29, 0.717) is 58.6 Å². The zero-order valence-electron chi connectivity index (χ0n) is 20.4. The van der Waals surface area contributed by atoms with Crippen molar-refractivity contribution >= 4 is 35.2 Å². The summed E-state index contributed by atoms with van der Waals surface area (Å²) in [4.78, 5) is 13.8. The van der Waals surface area contributed by atoms with Gasteiger partial charge in [0.15, 0.2) is 5.75 Å². The van der Waals surface area contributed by atoms with Gasteiger partial charge < -0.3 is 24.9 Å². The molecule has 0 fully saturated rings. The number of alkyl halides is 3. The van der Waals surface area contributed by atoms with Gasteiger partial charge in [-0.15, -0.1) is 0 Å². The Balaban J connectivity index is 1.34. The summed E-state index contributed by atoms with van der Waals surface area (Å²) < 4.78 is 50.8. The van der Waals surface area contributed by atoms with E-state index in [1.807, 2.05) is 17.0 Å².